The summed E-state index contributed by atoms with van der Waals surface area (Å²) in [6, 6.07) is 12.5. The topological polar surface area (TPSA) is 38.5 Å². The van der Waals surface area contributed by atoms with Gasteiger partial charge >= 0.3 is 0 Å². The average Bonchev–Trinajstić information content (AvgIpc) is 2.69. The van der Waals surface area contributed by atoms with E-state index in [1.54, 1.807) is 6.07 Å². The van der Waals surface area contributed by atoms with Crippen LogP contribution >= 0.6 is 0 Å². The molecule has 0 bridgehead atoms. The normalized spacial score (nSPS) is 15.9. The Hall–Kier alpha value is -2.07. The Morgan fingerprint density at radius 1 is 1.19 bits per heavy atom. The van der Waals surface area contributed by atoms with Crippen molar-refractivity contribution in [2.75, 3.05) is 18.1 Å². The second kappa shape index (κ2) is 5.74. The molecule has 3 nitrogen and oxygen atoms in total. The van der Waals surface area contributed by atoms with Crippen LogP contribution in [0.25, 0.3) is 0 Å². The quantitative estimate of drug-likeness (QED) is 0.913. The van der Waals surface area contributed by atoms with Gasteiger partial charge < -0.3 is 15.4 Å². The van der Waals surface area contributed by atoms with Gasteiger partial charge in [-0.25, -0.2) is 4.39 Å². The van der Waals surface area contributed by atoms with Crippen LogP contribution in [0.15, 0.2) is 42.5 Å². The van der Waals surface area contributed by atoms with Gasteiger partial charge in [0.15, 0.2) is 0 Å². The highest BCUT2D eigenvalue weighted by Crippen LogP contribution is 2.38. The Bertz CT molecular complexity index is 642. The van der Waals surface area contributed by atoms with Crippen molar-refractivity contribution in [2.24, 2.45) is 5.73 Å². The predicted molar refractivity (Wildman–Crippen MR) is 82.6 cm³/mol. The third-order valence-electron chi connectivity index (χ3n) is 3.71. The molecule has 4 heteroatoms. The molecule has 0 spiro atoms. The molecule has 2 aromatic carbocycles. The second-order valence-electron chi connectivity index (χ2n) is 5.31. The zero-order valence-corrected chi connectivity index (χ0v) is 12.1. The number of para-hydroxylation sites is 2. The van der Waals surface area contributed by atoms with Crippen LogP contribution in [-0.4, -0.2) is 13.2 Å². The monoisotopic (exact) mass is 286 g/mol. The molecule has 1 atom stereocenters. The molecular weight excluding hydrogens is 267 g/mol. The number of rotatable bonds is 2. The minimum Gasteiger partial charge on any atom is -0.491 e. The third kappa shape index (κ3) is 2.72. The molecule has 1 heterocycles. The number of hydrogen-bond donors (Lipinski definition) is 1. The molecule has 2 aromatic rings. The van der Waals surface area contributed by atoms with Crippen molar-refractivity contribution in [1.29, 1.82) is 0 Å². The summed E-state index contributed by atoms with van der Waals surface area (Å²) in [7, 11) is 0. The zero-order chi connectivity index (χ0) is 14.8. The number of hydrogen-bond acceptors (Lipinski definition) is 3. The summed E-state index contributed by atoms with van der Waals surface area (Å²) in [5.41, 5.74) is 8.79. The SMILES string of the molecule is CC(N)c1cc(F)ccc1N1CCCOc2ccccc21. The highest BCUT2D eigenvalue weighted by atomic mass is 19.1. The largest absolute Gasteiger partial charge is 0.491 e. The molecular formula is C17H19FN2O. The highest BCUT2D eigenvalue weighted by molar-refractivity contribution is 5.72. The van der Waals surface area contributed by atoms with E-state index >= 15 is 0 Å². The molecule has 110 valence electrons. The van der Waals surface area contributed by atoms with E-state index in [2.05, 4.69) is 4.90 Å². The molecule has 1 aliphatic rings. The van der Waals surface area contributed by atoms with Crippen molar-refractivity contribution in [3.63, 3.8) is 0 Å². The van der Waals surface area contributed by atoms with Crippen LogP contribution in [0.1, 0.15) is 24.9 Å². The lowest BCUT2D eigenvalue weighted by Crippen LogP contribution is -2.21. The van der Waals surface area contributed by atoms with E-state index in [0.717, 1.165) is 35.7 Å². The molecule has 21 heavy (non-hydrogen) atoms. The molecule has 0 saturated heterocycles. The third-order valence-corrected chi connectivity index (χ3v) is 3.71. The first-order chi connectivity index (χ1) is 10.2. The summed E-state index contributed by atoms with van der Waals surface area (Å²) >= 11 is 0. The van der Waals surface area contributed by atoms with Gasteiger partial charge in [0, 0.05) is 18.3 Å². The number of ether oxygens (including phenoxy) is 1. The van der Waals surface area contributed by atoms with Gasteiger partial charge in [-0.15, -0.1) is 0 Å². The van der Waals surface area contributed by atoms with Gasteiger partial charge in [0.05, 0.1) is 12.3 Å². The molecule has 1 aliphatic heterocycles. The van der Waals surface area contributed by atoms with Gasteiger partial charge in [0.25, 0.3) is 0 Å². The van der Waals surface area contributed by atoms with Crippen molar-refractivity contribution in [3.05, 3.63) is 53.8 Å². The van der Waals surface area contributed by atoms with Gasteiger partial charge in [-0.05, 0) is 49.2 Å². The summed E-state index contributed by atoms with van der Waals surface area (Å²) in [5.74, 6) is 0.598. The molecule has 0 amide bonds. The lowest BCUT2D eigenvalue weighted by atomic mass is 10.0. The lowest BCUT2D eigenvalue weighted by Gasteiger charge is -2.27. The summed E-state index contributed by atoms with van der Waals surface area (Å²) in [6.07, 6.45) is 0.907. The Morgan fingerprint density at radius 3 is 2.81 bits per heavy atom. The van der Waals surface area contributed by atoms with Crippen molar-refractivity contribution in [2.45, 2.75) is 19.4 Å². The van der Waals surface area contributed by atoms with E-state index in [1.165, 1.54) is 12.1 Å². The van der Waals surface area contributed by atoms with Crippen LogP contribution in [0.2, 0.25) is 0 Å². The number of anilines is 2. The number of nitrogens with two attached hydrogens (primary N) is 1. The van der Waals surface area contributed by atoms with Crippen molar-refractivity contribution in [3.8, 4) is 5.75 Å². The first-order valence-corrected chi connectivity index (χ1v) is 7.21. The average molecular weight is 286 g/mol. The fourth-order valence-corrected chi connectivity index (χ4v) is 2.71. The molecule has 0 fully saturated rings. The van der Waals surface area contributed by atoms with Crippen LogP contribution in [0.4, 0.5) is 15.8 Å². The van der Waals surface area contributed by atoms with Crippen molar-refractivity contribution < 1.29 is 9.13 Å². The van der Waals surface area contributed by atoms with Crippen LogP contribution in [0.5, 0.6) is 5.75 Å². The van der Waals surface area contributed by atoms with Crippen LogP contribution in [0, 0.1) is 5.82 Å². The number of benzene rings is 2. The fraction of sp³-hybridized carbons (Fsp3) is 0.294. The van der Waals surface area contributed by atoms with Crippen molar-refractivity contribution >= 4 is 11.4 Å². The molecule has 2 N–H and O–H groups in total. The van der Waals surface area contributed by atoms with Gasteiger partial charge in [-0.3, -0.25) is 0 Å². The van der Waals surface area contributed by atoms with E-state index in [0.29, 0.717) is 6.61 Å². The summed E-state index contributed by atoms with van der Waals surface area (Å²) in [4.78, 5) is 2.17. The zero-order valence-electron chi connectivity index (χ0n) is 12.1. The van der Waals surface area contributed by atoms with E-state index < -0.39 is 0 Å². The summed E-state index contributed by atoms with van der Waals surface area (Å²) in [6.45, 7) is 3.38. The van der Waals surface area contributed by atoms with E-state index in [-0.39, 0.29) is 11.9 Å². The van der Waals surface area contributed by atoms with E-state index in [9.17, 15) is 4.39 Å². The van der Waals surface area contributed by atoms with Crippen LogP contribution < -0.4 is 15.4 Å². The first kappa shape index (κ1) is 13.9. The second-order valence-corrected chi connectivity index (χ2v) is 5.31. The number of halogens is 1. The Labute approximate surface area is 124 Å². The Morgan fingerprint density at radius 2 is 2.00 bits per heavy atom. The molecule has 0 radical (unpaired) electrons. The number of fused-ring (bicyclic) bond motifs is 1. The minimum absolute atomic E-state index is 0.230. The van der Waals surface area contributed by atoms with E-state index in [4.69, 9.17) is 10.5 Å². The smallest absolute Gasteiger partial charge is 0.142 e. The van der Waals surface area contributed by atoms with Crippen molar-refractivity contribution in [1.82, 2.24) is 0 Å². The molecule has 0 aliphatic carbocycles. The van der Waals surface area contributed by atoms with E-state index in [1.807, 2.05) is 31.2 Å². The van der Waals surface area contributed by atoms with Gasteiger partial charge in [-0.1, -0.05) is 12.1 Å². The molecule has 0 saturated carbocycles. The van der Waals surface area contributed by atoms with Gasteiger partial charge in [-0.2, -0.15) is 0 Å². The fourth-order valence-electron chi connectivity index (χ4n) is 2.71. The standard InChI is InChI=1S/C17H19FN2O/c1-12(19)14-11-13(18)7-8-15(14)20-9-4-10-21-17-6-3-2-5-16(17)20/h2-3,5-8,11-12H,4,9-10,19H2,1H3. The molecule has 0 aromatic heterocycles. The maximum atomic E-state index is 13.6. The highest BCUT2D eigenvalue weighted by Gasteiger charge is 2.21. The predicted octanol–water partition coefficient (Wildman–Crippen LogP) is 3.77. The Balaban J connectivity index is 2.12. The van der Waals surface area contributed by atoms with Crippen LogP contribution in [-0.2, 0) is 0 Å². The summed E-state index contributed by atoms with van der Waals surface area (Å²) < 4.78 is 19.3. The lowest BCUT2D eigenvalue weighted by molar-refractivity contribution is 0.322. The molecule has 1 unspecified atom stereocenters. The number of nitrogens with zero attached hydrogens (tertiary/aromatic N) is 1. The first-order valence-electron chi connectivity index (χ1n) is 7.21. The van der Waals surface area contributed by atoms with Crippen LogP contribution in [0.3, 0.4) is 0 Å². The minimum atomic E-state index is -0.259. The summed E-state index contributed by atoms with van der Waals surface area (Å²) in [5, 5.41) is 0. The van der Waals surface area contributed by atoms with Gasteiger partial charge in [0.2, 0.25) is 0 Å². The maximum Gasteiger partial charge on any atom is 0.142 e. The van der Waals surface area contributed by atoms with Gasteiger partial charge in [0.1, 0.15) is 11.6 Å². The Kier molecular flexibility index (Phi) is 3.80. The molecule has 3 rings (SSSR count). The maximum absolute atomic E-state index is 13.6.